The van der Waals surface area contributed by atoms with Gasteiger partial charge in [0.2, 0.25) is 0 Å². The molecule has 0 saturated heterocycles. The summed E-state index contributed by atoms with van der Waals surface area (Å²) in [6.07, 6.45) is -0.440. The van der Waals surface area contributed by atoms with Gasteiger partial charge in [0.05, 0.1) is 15.5 Å². The van der Waals surface area contributed by atoms with Gasteiger partial charge in [0, 0.05) is 12.1 Å². The van der Waals surface area contributed by atoms with Crippen LogP contribution in [0.15, 0.2) is 48.5 Å². The van der Waals surface area contributed by atoms with Crippen molar-refractivity contribution in [3.05, 3.63) is 74.8 Å². The van der Waals surface area contributed by atoms with Crippen molar-refractivity contribution in [1.82, 2.24) is 0 Å². The highest BCUT2D eigenvalue weighted by Gasteiger charge is 2.18. The molecule has 2 aromatic rings. The molecular weight excluding hydrogens is 294 g/mol. The topological polar surface area (TPSA) is 69.4 Å². The number of carbonyl (C=O) groups is 1. The van der Waals surface area contributed by atoms with Crippen LogP contribution in [0.4, 0.5) is 5.69 Å². The molecule has 108 valence electrons. The van der Waals surface area contributed by atoms with Gasteiger partial charge in [-0.2, -0.15) is 0 Å². The molecule has 0 heterocycles. The first-order valence-corrected chi connectivity index (χ1v) is 6.56. The molecule has 1 atom stereocenters. The second-order valence-electron chi connectivity index (χ2n) is 4.38. The molecule has 0 aliphatic carbocycles. The van der Waals surface area contributed by atoms with Crippen LogP contribution in [0.3, 0.4) is 0 Å². The van der Waals surface area contributed by atoms with Crippen LogP contribution in [0.1, 0.15) is 28.9 Å². The Labute approximate surface area is 126 Å². The number of benzene rings is 2. The van der Waals surface area contributed by atoms with Gasteiger partial charge in [-0.15, -0.1) is 0 Å². The Kier molecular flexibility index (Phi) is 4.55. The first-order chi connectivity index (χ1) is 9.99. The monoisotopic (exact) mass is 305 g/mol. The van der Waals surface area contributed by atoms with Crippen molar-refractivity contribution in [3.8, 4) is 0 Å². The third-order valence-corrected chi connectivity index (χ3v) is 3.25. The van der Waals surface area contributed by atoms with E-state index in [0.717, 1.165) is 11.6 Å². The van der Waals surface area contributed by atoms with Crippen molar-refractivity contribution in [2.45, 2.75) is 13.0 Å². The highest BCUT2D eigenvalue weighted by Crippen LogP contribution is 2.25. The summed E-state index contributed by atoms with van der Waals surface area (Å²) in [5.41, 5.74) is 0.779. The van der Waals surface area contributed by atoms with Crippen molar-refractivity contribution in [2.24, 2.45) is 0 Å². The Morgan fingerprint density at radius 2 is 1.90 bits per heavy atom. The smallest absolute Gasteiger partial charge is 0.340 e. The number of esters is 1. The number of nitro benzene ring substituents is 1. The third-order valence-electron chi connectivity index (χ3n) is 2.94. The van der Waals surface area contributed by atoms with Gasteiger partial charge in [0.15, 0.2) is 0 Å². The summed E-state index contributed by atoms with van der Waals surface area (Å²) < 4.78 is 5.31. The summed E-state index contributed by atoms with van der Waals surface area (Å²) in [6.45, 7) is 1.74. The summed E-state index contributed by atoms with van der Waals surface area (Å²) in [5, 5.41) is 10.6. The summed E-state index contributed by atoms with van der Waals surface area (Å²) in [5.74, 6) is -0.619. The zero-order chi connectivity index (χ0) is 15.4. The fourth-order valence-corrected chi connectivity index (χ4v) is 2.05. The average Bonchev–Trinajstić information content (AvgIpc) is 2.47. The maximum Gasteiger partial charge on any atom is 0.340 e. The molecular formula is C15H12ClNO4. The fourth-order valence-electron chi connectivity index (χ4n) is 1.80. The van der Waals surface area contributed by atoms with Crippen molar-refractivity contribution >= 4 is 23.3 Å². The lowest BCUT2D eigenvalue weighted by molar-refractivity contribution is -0.384. The Hall–Kier alpha value is -2.40. The second kappa shape index (κ2) is 6.37. The average molecular weight is 306 g/mol. The van der Waals surface area contributed by atoms with Gasteiger partial charge in [-0.3, -0.25) is 10.1 Å². The van der Waals surface area contributed by atoms with Crippen LogP contribution in [-0.2, 0) is 4.74 Å². The van der Waals surface area contributed by atoms with Crippen LogP contribution < -0.4 is 0 Å². The summed E-state index contributed by atoms with van der Waals surface area (Å²) >= 11 is 5.89. The number of hydrogen-bond donors (Lipinski definition) is 0. The molecule has 0 aliphatic rings. The standard InChI is InChI=1S/C15H12ClNO4/c1-10(11-5-3-2-4-6-11)21-15(18)13-8-7-12(17(19)20)9-14(13)16/h2-10H,1H3. The minimum absolute atomic E-state index is 0.00513. The van der Waals surface area contributed by atoms with Crippen molar-refractivity contribution in [2.75, 3.05) is 0 Å². The molecule has 0 aromatic heterocycles. The van der Waals surface area contributed by atoms with Crippen LogP contribution in [-0.4, -0.2) is 10.9 Å². The van der Waals surface area contributed by atoms with E-state index in [-0.39, 0.29) is 16.3 Å². The molecule has 0 amide bonds. The van der Waals surface area contributed by atoms with E-state index < -0.39 is 17.0 Å². The minimum atomic E-state index is -0.619. The largest absolute Gasteiger partial charge is 0.454 e. The molecule has 0 saturated carbocycles. The first kappa shape index (κ1) is 15.0. The lowest BCUT2D eigenvalue weighted by Crippen LogP contribution is -2.10. The van der Waals surface area contributed by atoms with E-state index in [1.807, 2.05) is 30.3 Å². The van der Waals surface area contributed by atoms with E-state index in [2.05, 4.69) is 0 Å². The molecule has 0 fully saturated rings. The van der Waals surface area contributed by atoms with Gasteiger partial charge in [-0.05, 0) is 18.6 Å². The number of nitro groups is 1. The quantitative estimate of drug-likeness (QED) is 0.483. The van der Waals surface area contributed by atoms with Gasteiger partial charge in [-0.25, -0.2) is 4.79 Å². The molecule has 0 bridgehead atoms. The van der Waals surface area contributed by atoms with Crippen LogP contribution >= 0.6 is 11.6 Å². The van der Waals surface area contributed by atoms with E-state index in [1.54, 1.807) is 6.92 Å². The second-order valence-corrected chi connectivity index (χ2v) is 4.79. The molecule has 0 spiro atoms. The van der Waals surface area contributed by atoms with E-state index in [0.29, 0.717) is 0 Å². The van der Waals surface area contributed by atoms with E-state index in [9.17, 15) is 14.9 Å². The van der Waals surface area contributed by atoms with Crippen LogP contribution in [0.25, 0.3) is 0 Å². The number of non-ortho nitro benzene ring substituents is 1. The zero-order valence-electron chi connectivity index (χ0n) is 11.2. The molecule has 21 heavy (non-hydrogen) atoms. The van der Waals surface area contributed by atoms with Crippen molar-refractivity contribution in [3.63, 3.8) is 0 Å². The number of hydrogen-bond acceptors (Lipinski definition) is 4. The van der Waals surface area contributed by atoms with Gasteiger partial charge in [0.1, 0.15) is 6.10 Å². The van der Waals surface area contributed by atoms with E-state index in [1.165, 1.54) is 12.1 Å². The Morgan fingerprint density at radius 1 is 1.24 bits per heavy atom. The molecule has 0 N–H and O–H groups in total. The first-order valence-electron chi connectivity index (χ1n) is 6.19. The predicted molar refractivity (Wildman–Crippen MR) is 78.4 cm³/mol. The summed E-state index contributed by atoms with van der Waals surface area (Å²) in [4.78, 5) is 22.1. The molecule has 2 rings (SSSR count). The van der Waals surface area contributed by atoms with Crippen LogP contribution in [0.2, 0.25) is 5.02 Å². The third kappa shape index (κ3) is 3.58. The maximum atomic E-state index is 12.1. The lowest BCUT2D eigenvalue weighted by atomic mass is 10.1. The Morgan fingerprint density at radius 3 is 2.48 bits per heavy atom. The molecule has 0 radical (unpaired) electrons. The molecule has 6 heteroatoms. The highest BCUT2D eigenvalue weighted by molar-refractivity contribution is 6.33. The molecule has 1 unspecified atom stereocenters. The molecule has 2 aromatic carbocycles. The van der Waals surface area contributed by atoms with Crippen LogP contribution in [0.5, 0.6) is 0 Å². The van der Waals surface area contributed by atoms with Gasteiger partial charge < -0.3 is 4.74 Å². The number of halogens is 1. The van der Waals surface area contributed by atoms with Gasteiger partial charge in [-0.1, -0.05) is 41.9 Å². The molecule has 0 aliphatic heterocycles. The van der Waals surface area contributed by atoms with Gasteiger partial charge >= 0.3 is 5.97 Å². The molecule has 5 nitrogen and oxygen atoms in total. The predicted octanol–water partition coefficient (Wildman–Crippen LogP) is 4.17. The number of ether oxygens (including phenoxy) is 1. The number of nitrogens with zero attached hydrogens (tertiary/aromatic N) is 1. The van der Waals surface area contributed by atoms with E-state index in [4.69, 9.17) is 16.3 Å². The highest BCUT2D eigenvalue weighted by atomic mass is 35.5. The van der Waals surface area contributed by atoms with Gasteiger partial charge in [0.25, 0.3) is 5.69 Å². The minimum Gasteiger partial charge on any atom is -0.454 e. The summed E-state index contributed by atoms with van der Waals surface area (Å²) in [6, 6.07) is 12.9. The maximum absolute atomic E-state index is 12.1. The zero-order valence-corrected chi connectivity index (χ0v) is 11.9. The SMILES string of the molecule is CC(OC(=O)c1ccc([N+](=O)[O-])cc1Cl)c1ccccc1. The normalized spacial score (nSPS) is 11.7. The van der Waals surface area contributed by atoms with Crippen molar-refractivity contribution in [1.29, 1.82) is 0 Å². The summed E-state index contributed by atoms with van der Waals surface area (Å²) in [7, 11) is 0. The van der Waals surface area contributed by atoms with Crippen LogP contribution in [0, 0.1) is 10.1 Å². The number of rotatable bonds is 4. The van der Waals surface area contributed by atoms with E-state index >= 15 is 0 Å². The lowest BCUT2D eigenvalue weighted by Gasteiger charge is -2.14. The number of carbonyl (C=O) groups excluding carboxylic acids is 1. The van der Waals surface area contributed by atoms with Crippen molar-refractivity contribution < 1.29 is 14.5 Å². The Bertz CT molecular complexity index is 673. The fraction of sp³-hybridized carbons (Fsp3) is 0.133. The Balaban J connectivity index is 2.15.